The number of carbonyl (C=O) groups excluding carboxylic acids is 1. The lowest BCUT2D eigenvalue weighted by atomic mass is 10.1. The predicted octanol–water partition coefficient (Wildman–Crippen LogP) is 0.857. The van der Waals surface area contributed by atoms with Crippen LogP contribution in [0.15, 0.2) is 18.2 Å². The van der Waals surface area contributed by atoms with Crippen LogP contribution in [0.3, 0.4) is 0 Å². The summed E-state index contributed by atoms with van der Waals surface area (Å²) in [6.07, 6.45) is 0. The first-order valence-corrected chi connectivity index (χ1v) is 5.55. The number of hydrogen-bond donors (Lipinski definition) is 2. The second-order valence-corrected chi connectivity index (χ2v) is 3.76. The highest BCUT2D eigenvalue weighted by molar-refractivity contribution is 5.80. The third-order valence-corrected chi connectivity index (χ3v) is 2.48. The van der Waals surface area contributed by atoms with Crippen LogP contribution in [-0.2, 0) is 11.3 Å². The molecule has 5 heteroatoms. The molecular weight excluding hydrogens is 221 g/mol. The number of nitrogens with two attached hydrogens (primary N) is 1. The summed E-state index contributed by atoms with van der Waals surface area (Å²) in [4.78, 5) is 12.6. The summed E-state index contributed by atoms with van der Waals surface area (Å²) in [5.74, 6) is -0.800. The van der Waals surface area contributed by atoms with Crippen LogP contribution >= 0.6 is 0 Å². The number of amides is 1. The fourth-order valence-electron chi connectivity index (χ4n) is 1.78. The number of likely N-dealkylation sites (N-methyl/N-ethyl adjacent to an activating group) is 1. The molecule has 0 saturated heterocycles. The van der Waals surface area contributed by atoms with E-state index in [0.29, 0.717) is 18.8 Å². The van der Waals surface area contributed by atoms with Crippen LogP contribution in [-0.4, -0.2) is 26.0 Å². The van der Waals surface area contributed by atoms with E-state index in [1.807, 2.05) is 13.0 Å². The zero-order valence-corrected chi connectivity index (χ0v) is 10.2. The molecule has 1 rings (SSSR count). The minimum absolute atomic E-state index is 0.0220. The summed E-state index contributed by atoms with van der Waals surface area (Å²) in [5.41, 5.74) is 6.42. The van der Waals surface area contributed by atoms with Gasteiger partial charge in [0.15, 0.2) is 0 Å². The highest BCUT2D eigenvalue weighted by Crippen LogP contribution is 2.24. The van der Waals surface area contributed by atoms with Crippen LogP contribution in [0.5, 0.6) is 0 Å². The number of primary amides is 1. The average molecular weight is 239 g/mol. The molecule has 0 spiro atoms. The SMILES string of the molecule is CCN(CC(N)=O)c1c(F)cccc1CNC. The Labute approximate surface area is 101 Å². The highest BCUT2D eigenvalue weighted by atomic mass is 19.1. The molecule has 0 saturated carbocycles. The van der Waals surface area contributed by atoms with Gasteiger partial charge in [-0.05, 0) is 25.6 Å². The van der Waals surface area contributed by atoms with Crippen LogP contribution in [0.1, 0.15) is 12.5 Å². The van der Waals surface area contributed by atoms with Gasteiger partial charge in [-0.2, -0.15) is 0 Å². The molecule has 0 aromatic heterocycles. The number of nitrogens with zero attached hydrogens (tertiary/aromatic N) is 1. The van der Waals surface area contributed by atoms with Crippen molar-refractivity contribution >= 4 is 11.6 Å². The lowest BCUT2D eigenvalue weighted by Crippen LogP contribution is -2.35. The second kappa shape index (κ2) is 6.20. The van der Waals surface area contributed by atoms with Crippen molar-refractivity contribution in [2.45, 2.75) is 13.5 Å². The van der Waals surface area contributed by atoms with Gasteiger partial charge >= 0.3 is 0 Å². The Morgan fingerprint density at radius 1 is 1.53 bits per heavy atom. The molecule has 4 nitrogen and oxygen atoms in total. The van der Waals surface area contributed by atoms with E-state index in [9.17, 15) is 9.18 Å². The number of hydrogen-bond acceptors (Lipinski definition) is 3. The Kier molecular flexibility index (Phi) is 4.90. The van der Waals surface area contributed by atoms with Gasteiger partial charge in [0.25, 0.3) is 0 Å². The minimum Gasteiger partial charge on any atom is -0.368 e. The lowest BCUT2D eigenvalue weighted by molar-refractivity contribution is -0.116. The van der Waals surface area contributed by atoms with Crippen LogP contribution in [0, 0.1) is 5.82 Å². The quantitative estimate of drug-likeness (QED) is 0.774. The Morgan fingerprint density at radius 3 is 2.76 bits per heavy atom. The molecule has 0 radical (unpaired) electrons. The summed E-state index contributed by atoms with van der Waals surface area (Å²) in [5, 5.41) is 2.97. The number of nitrogens with one attached hydrogen (secondary N) is 1. The van der Waals surface area contributed by atoms with Crippen LogP contribution in [0.2, 0.25) is 0 Å². The fourth-order valence-corrected chi connectivity index (χ4v) is 1.78. The maximum absolute atomic E-state index is 13.8. The van der Waals surface area contributed by atoms with Gasteiger partial charge in [-0.1, -0.05) is 12.1 Å². The van der Waals surface area contributed by atoms with Crippen molar-refractivity contribution < 1.29 is 9.18 Å². The molecule has 0 aliphatic rings. The normalized spacial score (nSPS) is 10.3. The van der Waals surface area contributed by atoms with Gasteiger partial charge in [-0.3, -0.25) is 4.79 Å². The zero-order chi connectivity index (χ0) is 12.8. The number of carbonyl (C=O) groups is 1. The van der Waals surface area contributed by atoms with Gasteiger partial charge in [0.05, 0.1) is 12.2 Å². The van der Waals surface area contributed by atoms with Crippen LogP contribution in [0.4, 0.5) is 10.1 Å². The molecule has 0 bridgehead atoms. The van der Waals surface area contributed by atoms with Crippen molar-refractivity contribution in [1.29, 1.82) is 0 Å². The Bertz CT molecular complexity index is 395. The summed E-state index contributed by atoms with van der Waals surface area (Å²) in [6.45, 7) is 2.95. The molecule has 17 heavy (non-hydrogen) atoms. The smallest absolute Gasteiger partial charge is 0.236 e. The number of para-hydroxylation sites is 1. The van der Waals surface area contributed by atoms with Crippen molar-refractivity contribution in [1.82, 2.24) is 5.32 Å². The van der Waals surface area contributed by atoms with E-state index in [0.717, 1.165) is 5.56 Å². The lowest BCUT2D eigenvalue weighted by Gasteiger charge is -2.24. The Balaban J connectivity index is 3.11. The Morgan fingerprint density at radius 2 is 2.24 bits per heavy atom. The Hall–Kier alpha value is -1.62. The van der Waals surface area contributed by atoms with Gasteiger partial charge in [0.2, 0.25) is 5.91 Å². The van der Waals surface area contributed by atoms with Gasteiger partial charge in [0, 0.05) is 13.1 Å². The highest BCUT2D eigenvalue weighted by Gasteiger charge is 2.15. The first-order chi connectivity index (χ1) is 8.10. The molecule has 0 heterocycles. The molecule has 0 fully saturated rings. The van der Waals surface area contributed by atoms with E-state index >= 15 is 0 Å². The van der Waals surface area contributed by atoms with E-state index in [1.165, 1.54) is 6.07 Å². The molecule has 3 N–H and O–H groups in total. The van der Waals surface area contributed by atoms with E-state index in [-0.39, 0.29) is 12.4 Å². The predicted molar refractivity (Wildman–Crippen MR) is 66.2 cm³/mol. The van der Waals surface area contributed by atoms with Crippen molar-refractivity contribution in [2.24, 2.45) is 5.73 Å². The number of rotatable bonds is 6. The zero-order valence-electron chi connectivity index (χ0n) is 10.2. The first kappa shape index (κ1) is 13.4. The summed E-state index contributed by atoms with van der Waals surface area (Å²) in [6, 6.07) is 4.88. The fraction of sp³-hybridized carbons (Fsp3) is 0.417. The van der Waals surface area contributed by atoms with Gasteiger partial charge in [0.1, 0.15) is 5.82 Å². The van der Waals surface area contributed by atoms with Crippen LogP contribution in [0.25, 0.3) is 0 Å². The third kappa shape index (κ3) is 3.42. The first-order valence-electron chi connectivity index (χ1n) is 5.55. The largest absolute Gasteiger partial charge is 0.368 e. The molecule has 1 amide bonds. The van der Waals surface area contributed by atoms with Crippen molar-refractivity contribution in [2.75, 3.05) is 25.0 Å². The van der Waals surface area contributed by atoms with Crippen molar-refractivity contribution in [3.8, 4) is 0 Å². The van der Waals surface area contributed by atoms with E-state index < -0.39 is 5.91 Å². The van der Waals surface area contributed by atoms with Crippen molar-refractivity contribution in [3.63, 3.8) is 0 Å². The maximum Gasteiger partial charge on any atom is 0.236 e. The van der Waals surface area contributed by atoms with E-state index in [2.05, 4.69) is 5.32 Å². The molecule has 0 aliphatic carbocycles. The number of anilines is 1. The van der Waals surface area contributed by atoms with Gasteiger partial charge < -0.3 is 16.0 Å². The molecule has 0 atom stereocenters. The standard InChI is InChI=1S/C12H18FN3O/c1-3-16(8-11(14)17)12-9(7-15-2)5-4-6-10(12)13/h4-6,15H,3,7-8H2,1-2H3,(H2,14,17). The minimum atomic E-state index is -0.467. The third-order valence-electron chi connectivity index (χ3n) is 2.48. The summed E-state index contributed by atoms with van der Waals surface area (Å²) < 4.78 is 13.8. The monoisotopic (exact) mass is 239 g/mol. The van der Waals surface area contributed by atoms with E-state index in [4.69, 9.17) is 5.73 Å². The topological polar surface area (TPSA) is 58.4 Å². The summed E-state index contributed by atoms with van der Waals surface area (Å²) >= 11 is 0. The number of halogens is 1. The van der Waals surface area contributed by atoms with Crippen LogP contribution < -0.4 is 16.0 Å². The molecule has 94 valence electrons. The molecule has 0 aliphatic heterocycles. The summed E-state index contributed by atoms with van der Waals surface area (Å²) in [7, 11) is 1.79. The second-order valence-electron chi connectivity index (χ2n) is 3.76. The molecule has 0 unspecified atom stereocenters. The van der Waals surface area contributed by atoms with E-state index in [1.54, 1.807) is 18.0 Å². The van der Waals surface area contributed by atoms with Gasteiger partial charge in [-0.25, -0.2) is 4.39 Å². The maximum atomic E-state index is 13.8. The molecule has 1 aromatic carbocycles. The number of benzene rings is 1. The molecule has 1 aromatic rings. The average Bonchev–Trinajstić information content (AvgIpc) is 2.27. The molecular formula is C12H18FN3O. The van der Waals surface area contributed by atoms with Gasteiger partial charge in [-0.15, -0.1) is 0 Å². The van der Waals surface area contributed by atoms with Crippen molar-refractivity contribution in [3.05, 3.63) is 29.6 Å².